The van der Waals surface area contributed by atoms with Gasteiger partial charge in [-0.3, -0.25) is 4.79 Å². The van der Waals surface area contributed by atoms with Crippen molar-refractivity contribution < 1.29 is 4.79 Å². The van der Waals surface area contributed by atoms with E-state index in [1.165, 1.54) is 11.8 Å². The van der Waals surface area contributed by atoms with Crippen LogP contribution in [0.3, 0.4) is 0 Å². The molecule has 0 radical (unpaired) electrons. The monoisotopic (exact) mass is 379 g/mol. The maximum atomic E-state index is 10.9. The largest absolute Gasteiger partial charge is 0.303 e. The van der Waals surface area contributed by atoms with Crippen molar-refractivity contribution >= 4 is 63.2 Å². The quantitative estimate of drug-likeness (QED) is 0.488. The van der Waals surface area contributed by atoms with Crippen molar-refractivity contribution in [3.05, 3.63) is 32.4 Å². The van der Waals surface area contributed by atoms with Gasteiger partial charge in [-0.25, -0.2) is 0 Å². The molecule has 1 aliphatic rings. The van der Waals surface area contributed by atoms with Gasteiger partial charge in [0, 0.05) is 3.57 Å². The predicted molar refractivity (Wildman–Crippen MR) is 79.8 cm³/mol. The fraction of sp³-hybridized carbons (Fsp3) is 0.100. The summed E-state index contributed by atoms with van der Waals surface area (Å²) in [4.78, 5) is 10.9. The van der Waals surface area contributed by atoms with E-state index in [1.807, 2.05) is 18.2 Å². The molecular weight excluding hydrogens is 373 g/mol. The van der Waals surface area contributed by atoms with Gasteiger partial charge in [0.15, 0.2) is 5.17 Å². The second-order valence-electron chi connectivity index (χ2n) is 3.16. The number of halogens is 2. The van der Waals surface area contributed by atoms with Crippen LogP contribution < -0.4 is 5.32 Å². The van der Waals surface area contributed by atoms with Gasteiger partial charge in [-0.2, -0.15) is 5.10 Å². The van der Waals surface area contributed by atoms with E-state index in [4.69, 9.17) is 11.6 Å². The van der Waals surface area contributed by atoms with Crippen molar-refractivity contribution in [1.29, 1.82) is 0 Å². The van der Waals surface area contributed by atoms with Crippen LogP contribution in [0.2, 0.25) is 5.02 Å². The summed E-state index contributed by atoms with van der Waals surface area (Å²) in [6.07, 6.45) is 1.60. The van der Waals surface area contributed by atoms with E-state index in [2.05, 4.69) is 38.1 Å². The van der Waals surface area contributed by atoms with Crippen molar-refractivity contribution in [1.82, 2.24) is 5.32 Å². The Morgan fingerprint density at radius 1 is 1.53 bits per heavy atom. The number of carbonyl (C=O) groups excluding carboxylic acids is 1. The third kappa shape index (κ3) is 3.68. The summed E-state index contributed by atoms with van der Waals surface area (Å²) in [6, 6.07) is 5.62. The molecule has 0 aliphatic carbocycles. The lowest BCUT2D eigenvalue weighted by Gasteiger charge is -1.96. The molecule has 1 aromatic carbocycles. The molecule has 1 aliphatic heterocycles. The number of amides is 1. The zero-order valence-electron chi connectivity index (χ0n) is 8.48. The van der Waals surface area contributed by atoms with E-state index in [0.29, 0.717) is 15.9 Å². The number of thioether (sulfide) groups is 1. The van der Waals surface area contributed by atoms with E-state index in [9.17, 15) is 4.79 Å². The third-order valence-electron chi connectivity index (χ3n) is 1.89. The van der Waals surface area contributed by atoms with Crippen molar-refractivity contribution in [2.45, 2.75) is 0 Å². The summed E-state index contributed by atoms with van der Waals surface area (Å²) >= 11 is 9.47. The van der Waals surface area contributed by atoms with Crippen molar-refractivity contribution in [3.8, 4) is 0 Å². The number of rotatable bonds is 2. The normalized spacial score (nSPS) is 18.0. The van der Waals surface area contributed by atoms with Crippen LogP contribution in [0.5, 0.6) is 0 Å². The van der Waals surface area contributed by atoms with Gasteiger partial charge in [0.25, 0.3) is 0 Å². The summed E-state index contributed by atoms with van der Waals surface area (Å²) in [7, 11) is 0. The number of benzene rings is 1. The van der Waals surface area contributed by atoms with E-state index in [-0.39, 0.29) is 5.91 Å². The molecule has 0 saturated carbocycles. The Bertz CT molecular complexity index is 518. The molecule has 88 valence electrons. The lowest BCUT2D eigenvalue weighted by atomic mass is 10.2. The third-order valence-corrected chi connectivity index (χ3v) is 4.32. The van der Waals surface area contributed by atoms with Crippen LogP contribution in [0.4, 0.5) is 0 Å². The zero-order valence-corrected chi connectivity index (χ0v) is 12.2. The Morgan fingerprint density at radius 2 is 2.35 bits per heavy atom. The van der Waals surface area contributed by atoms with Crippen molar-refractivity contribution in [2.75, 3.05) is 5.75 Å². The van der Waals surface area contributed by atoms with Crippen LogP contribution in [0.15, 0.2) is 28.4 Å². The van der Waals surface area contributed by atoms with E-state index in [0.717, 1.165) is 9.13 Å². The van der Waals surface area contributed by atoms with Gasteiger partial charge in [0.1, 0.15) is 0 Å². The topological polar surface area (TPSA) is 53.8 Å². The first-order valence-electron chi connectivity index (χ1n) is 4.64. The second-order valence-corrected chi connectivity index (χ2v) is 5.69. The van der Waals surface area contributed by atoms with Gasteiger partial charge in [-0.05, 0) is 40.3 Å². The average molecular weight is 380 g/mol. The molecule has 4 nitrogen and oxygen atoms in total. The number of nitrogens with zero attached hydrogens (tertiary/aromatic N) is 2. The first-order valence-corrected chi connectivity index (χ1v) is 7.08. The Balaban J connectivity index is 2.05. The molecule has 1 saturated heterocycles. The highest BCUT2D eigenvalue weighted by molar-refractivity contribution is 14.1. The molecule has 7 heteroatoms. The molecule has 1 heterocycles. The smallest absolute Gasteiger partial charge is 0.236 e. The van der Waals surface area contributed by atoms with Gasteiger partial charge in [0.2, 0.25) is 5.91 Å². The van der Waals surface area contributed by atoms with Gasteiger partial charge in [0.05, 0.1) is 17.0 Å². The summed E-state index contributed by atoms with van der Waals surface area (Å²) < 4.78 is 0.992. The van der Waals surface area contributed by atoms with Gasteiger partial charge < -0.3 is 5.32 Å². The van der Waals surface area contributed by atoms with Crippen molar-refractivity contribution in [2.24, 2.45) is 10.2 Å². The Hall–Kier alpha value is -0.600. The second kappa shape index (κ2) is 5.83. The minimum absolute atomic E-state index is 0.0405. The van der Waals surface area contributed by atoms with Gasteiger partial charge in [-0.1, -0.05) is 29.4 Å². The van der Waals surface area contributed by atoms with Crippen LogP contribution in [-0.4, -0.2) is 23.0 Å². The van der Waals surface area contributed by atoms with Gasteiger partial charge >= 0.3 is 0 Å². The van der Waals surface area contributed by atoms with Crippen LogP contribution in [0.25, 0.3) is 0 Å². The van der Waals surface area contributed by atoms with Crippen LogP contribution in [-0.2, 0) is 4.79 Å². The molecule has 0 spiro atoms. The summed E-state index contributed by atoms with van der Waals surface area (Å²) in [5.74, 6) is 0.366. The fourth-order valence-corrected chi connectivity index (χ4v) is 2.28. The van der Waals surface area contributed by atoms with Crippen LogP contribution >= 0.6 is 46.0 Å². The van der Waals surface area contributed by atoms with Crippen LogP contribution in [0.1, 0.15) is 5.56 Å². The standard InChI is InChI=1S/C10H7ClIN3OS/c11-7-3-6(1-2-8(7)12)4-13-15-10-14-9(16)5-17-10/h1-4H,5H2,(H,14,15,16). The summed E-state index contributed by atoms with van der Waals surface area (Å²) in [5.41, 5.74) is 0.870. The molecule has 0 bridgehead atoms. The van der Waals surface area contributed by atoms with E-state index >= 15 is 0 Å². The van der Waals surface area contributed by atoms with E-state index in [1.54, 1.807) is 6.21 Å². The Kier molecular flexibility index (Phi) is 4.41. The van der Waals surface area contributed by atoms with Crippen LogP contribution in [0, 0.1) is 3.57 Å². The van der Waals surface area contributed by atoms with Gasteiger partial charge in [-0.15, -0.1) is 5.10 Å². The lowest BCUT2D eigenvalue weighted by Crippen LogP contribution is -2.19. The molecule has 0 aromatic heterocycles. The molecule has 0 unspecified atom stereocenters. The summed E-state index contributed by atoms with van der Waals surface area (Å²) in [6.45, 7) is 0. The SMILES string of the molecule is O=C1CSC(=NN=Cc2ccc(I)c(Cl)c2)N1. The number of carbonyl (C=O) groups is 1. The van der Waals surface area contributed by atoms with E-state index < -0.39 is 0 Å². The molecule has 2 rings (SSSR count). The highest BCUT2D eigenvalue weighted by Gasteiger charge is 2.15. The first kappa shape index (κ1) is 12.8. The fourth-order valence-electron chi connectivity index (χ4n) is 1.12. The maximum absolute atomic E-state index is 10.9. The number of nitrogens with one attached hydrogen (secondary N) is 1. The molecule has 0 atom stereocenters. The average Bonchev–Trinajstić information content (AvgIpc) is 2.70. The first-order chi connectivity index (χ1) is 8.15. The zero-order chi connectivity index (χ0) is 12.3. The molecule has 1 N–H and O–H groups in total. The Morgan fingerprint density at radius 3 is 3.00 bits per heavy atom. The minimum Gasteiger partial charge on any atom is -0.303 e. The highest BCUT2D eigenvalue weighted by atomic mass is 127. The predicted octanol–water partition coefficient (Wildman–Crippen LogP) is 2.50. The highest BCUT2D eigenvalue weighted by Crippen LogP contribution is 2.18. The molecule has 17 heavy (non-hydrogen) atoms. The molecular formula is C10H7ClIN3OS. The number of amidine groups is 1. The summed E-state index contributed by atoms with van der Waals surface area (Å²) in [5, 5.41) is 11.6. The molecule has 1 aromatic rings. The maximum Gasteiger partial charge on any atom is 0.236 e. The molecule has 1 fully saturated rings. The van der Waals surface area contributed by atoms with Crippen molar-refractivity contribution in [3.63, 3.8) is 0 Å². The number of hydrogen-bond acceptors (Lipinski definition) is 4. The minimum atomic E-state index is -0.0405. The lowest BCUT2D eigenvalue weighted by molar-refractivity contribution is -0.116. The molecule has 1 amide bonds. The Labute approximate surface area is 121 Å². The number of hydrogen-bond donors (Lipinski definition) is 1.